The van der Waals surface area contributed by atoms with E-state index in [2.05, 4.69) is 20.4 Å². The average molecular weight is 661 g/mol. The minimum atomic E-state index is -3.87. The van der Waals surface area contributed by atoms with Crippen LogP contribution < -0.4 is 16.0 Å². The number of H-pyrrole nitrogens is 1. The van der Waals surface area contributed by atoms with Crippen molar-refractivity contribution < 1.29 is 27.9 Å². The van der Waals surface area contributed by atoms with Gasteiger partial charge in [-0.25, -0.2) is 13.2 Å². The van der Waals surface area contributed by atoms with Crippen LogP contribution in [0.15, 0.2) is 65.7 Å². The van der Waals surface area contributed by atoms with Crippen LogP contribution in [0.4, 0.5) is 11.5 Å². The normalized spacial score (nSPS) is 16.9. The number of likely N-dealkylation sites (N-methyl/N-ethyl adjacent to an activating group) is 1. The molecule has 0 aliphatic carbocycles. The number of anilines is 2. The van der Waals surface area contributed by atoms with E-state index in [1.54, 1.807) is 30.5 Å². The summed E-state index contributed by atoms with van der Waals surface area (Å²) in [6.45, 7) is 6.58. The molecule has 2 aliphatic heterocycles. The number of carbonyl (C=O) groups is 3. The Morgan fingerprint density at radius 3 is 2.32 bits per heavy atom. The van der Waals surface area contributed by atoms with Crippen LogP contribution in [0.1, 0.15) is 56.3 Å². The largest absolute Gasteiger partial charge is 0.477 e. The van der Waals surface area contributed by atoms with Crippen molar-refractivity contribution in [2.75, 3.05) is 50.0 Å². The third-order valence-electron chi connectivity index (χ3n) is 8.76. The van der Waals surface area contributed by atoms with Crippen molar-refractivity contribution in [3.63, 3.8) is 0 Å². The lowest BCUT2D eigenvalue weighted by Crippen LogP contribution is -2.45. The van der Waals surface area contributed by atoms with E-state index in [4.69, 9.17) is 5.73 Å². The summed E-state index contributed by atoms with van der Waals surface area (Å²) in [5.74, 6) is -2.61. The Labute approximate surface area is 271 Å². The second-order valence-corrected chi connectivity index (χ2v) is 14.4. The molecule has 14 nitrogen and oxygen atoms in total. The summed E-state index contributed by atoms with van der Waals surface area (Å²) < 4.78 is 30.0. The highest BCUT2D eigenvalue weighted by molar-refractivity contribution is 7.89. The molecule has 4 heterocycles. The van der Waals surface area contributed by atoms with Gasteiger partial charge >= 0.3 is 5.97 Å². The number of hydrogen-bond acceptors (Lipinski definition) is 8. The molecule has 2 aromatic carbocycles. The quantitative estimate of drug-likeness (QED) is 0.220. The van der Waals surface area contributed by atoms with Gasteiger partial charge in [0, 0.05) is 62.1 Å². The van der Waals surface area contributed by atoms with Gasteiger partial charge < -0.3 is 30.5 Å². The second kappa shape index (κ2) is 12.0. The monoisotopic (exact) mass is 660 g/mol. The molecule has 0 spiro atoms. The number of nitrogens with two attached hydrogens (primary N) is 1. The number of benzene rings is 2. The van der Waals surface area contributed by atoms with Crippen LogP contribution in [0, 0.1) is 0 Å². The van der Waals surface area contributed by atoms with Gasteiger partial charge in [-0.3, -0.25) is 14.7 Å². The number of sulfonamides is 1. The molecular weight excluding hydrogens is 624 g/mol. The third kappa shape index (κ3) is 5.88. The van der Waals surface area contributed by atoms with Crippen LogP contribution in [0.25, 0.3) is 5.69 Å². The Hall–Kier alpha value is -4.99. The van der Waals surface area contributed by atoms with E-state index in [0.717, 1.165) is 13.1 Å². The first-order valence-electron chi connectivity index (χ1n) is 15.0. The van der Waals surface area contributed by atoms with Crippen molar-refractivity contribution in [1.82, 2.24) is 24.0 Å². The molecule has 2 aliphatic rings. The number of rotatable bonds is 8. The highest BCUT2D eigenvalue weighted by Crippen LogP contribution is 2.38. The molecule has 0 radical (unpaired) electrons. The number of aromatic amines is 1. The Balaban J connectivity index is 1.41. The van der Waals surface area contributed by atoms with Crippen LogP contribution in [-0.4, -0.2) is 95.0 Å². The van der Waals surface area contributed by atoms with Crippen molar-refractivity contribution in [1.29, 1.82) is 0 Å². The summed E-state index contributed by atoms with van der Waals surface area (Å²) in [5.41, 5.74) is 7.08. The molecule has 47 heavy (non-hydrogen) atoms. The van der Waals surface area contributed by atoms with Crippen LogP contribution in [0.5, 0.6) is 0 Å². The molecule has 2 amide bonds. The summed E-state index contributed by atoms with van der Waals surface area (Å²) in [7, 11) is -1.87. The minimum absolute atomic E-state index is 0.0260. The predicted octanol–water partition coefficient (Wildman–Crippen LogP) is 2.48. The lowest BCUT2D eigenvalue weighted by Gasteiger charge is -2.37. The highest BCUT2D eigenvalue weighted by Gasteiger charge is 2.41. The number of carbonyl (C=O) groups excluding carboxylic acids is 2. The molecule has 1 saturated heterocycles. The maximum atomic E-state index is 14.0. The standard InChI is InChI=1S/C32H36N8O6S/c1-32(2)19-39(47(45,46)20-8-5-4-6-9-20)18-23-27(32)35-36-29(23)34-30(42)22-17-26(40-11-7-10-24(40)31(43)44)25(16-21(22)28(33)41)38-14-12-37(3)13-15-38/h4-11,16-17H,12-15,18-19H2,1-3H3,(H2,33,41)(H,43,44)(H2,34,35,36,42). The number of carboxylic acids is 1. The highest BCUT2D eigenvalue weighted by atomic mass is 32.2. The van der Waals surface area contributed by atoms with Crippen LogP contribution in [0.2, 0.25) is 0 Å². The number of amides is 2. The zero-order valence-electron chi connectivity index (χ0n) is 26.2. The Bertz CT molecular complexity index is 1980. The summed E-state index contributed by atoms with van der Waals surface area (Å²) in [6.07, 6.45) is 1.58. The number of primary amides is 1. The fourth-order valence-electron chi connectivity index (χ4n) is 6.25. The molecule has 0 saturated carbocycles. The van der Waals surface area contributed by atoms with E-state index in [1.165, 1.54) is 39.2 Å². The maximum absolute atomic E-state index is 14.0. The first-order valence-corrected chi connectivity index (χ1v) is 16.5. The molecule has 1 fully saturated rings. The lowest BCUT2D eigenvalue weighted by atomic mass is 9.84. The molecule has 0 bridgehead atoms. The van der Waals surface area contributed by atoms with E-state index < -0.39 is 33.2 Å². The van der Waals surface area contributed by atoms with Crippen molar-refractivity contribution in [2.45, 2.75) is 30.7 Å². The number of aromatic nitrogens is 3. The Morgan fingerprint density at radius 2 is 1.66 bits per heavy atom. The molecule has 0 atom stereocenters. The number of aromatic carboxylic acids is 1. The number of nitrogens with zero attached hydrogens (tertiary/aromatic N) is 5. The van der Waals surface area contributed by atoms with Gasteiger partial charge in [0.25, 0.3) is 5.91 Å². The smallest absolute Gasteiger partial charge is 0.352 e. The molecule has 246 valence electrons. The second-order valence-electron chi connectivity index (χ2n) is 12.5. The molecular formula is C32H36N8O6S. The Morgan fingerprint density at radius 1 is 0.979 bits per heavy atom. The summed E-state index contributed by atoms with van der Waals surface area (Å²) in [5, 5.41) is 20.0. The van der Waals surface area contributed by atoms with Gasteiger partial charge in [-0.15, -0.1) is 0 Å². The molecule has 5 N–H and O–H groups in total. The van der Waals surface area contributed by atoms with E-state index in [0.29, 0.717) is 35.7 Å². The van der Waals surface area contributed by atoms with E-state index in [9.17, 15) is 27.9 Å². The Kier molecular flexibility index (Phi) is 8.15. The SMILES string of the molecule is CN1CCN(c2cc(C(N)=O)c(C(=O)Nc3n[nH]c4c3CN(S(=O)(=O)c3ccccc3)CC4(C)C)cc2-n2cccc2C(=O)O)CC1. The van der Waals surface area contributed by atoms with Crippen LogP contribution in [0.3, 0.4) is 0 Å². The van der Waals surface area contributed by atoms with Crippen LogP contribution >= 0.6 is 0 Å². The first kappa shape index (κ1) is 32.0. The molecule has 6 rings (SSSR count). The fourth-order valence-corrected chi connectivity index (χ4v) is 7.84. The summed E-state index contributed by atoms with van der Waals surface area (Å²) >= 11 is 0. The molecule has 0 unspecified atom stereocenters. The fraction of sp³-hybridized carbons (Fsp3) is 0.312. The minimum Gasteiger partial charge on any atom is -0.477 e. The number of hydrogen-bond donors (Lipinski definition) is 4. The van der Waals surface area contributed by atoms with Gasteiger partial charge in [0.1, 0.15) is 5.69 Å². The third-order valence-corrected chi connectivity index (χ3v) is 10.6. The van der Waals surface area contributed by atoms with Gasteiger partial charge in [-0.1, -0.05) is 32.0 Å². The van der Waals surface area contributed by atoms with Gasteiger partial charge in [-0.05, 0) is 43.4 Å². The number of carboxylic acid groups (broad SMARTS) is 1. The zero-order valence-corrected chi connectivity index (χ0v) is 27.0. The van der Waals surface area contributed by atoms with Crippen molar-refractivity contribution in [3.8, 4) is 5.69 Å². The van der Waals surface area contributed by atoms with Crippen molar-refractivity contribution >= 4 is 39.3 Å². The zero-order chi connectivity index (χ0) is 33.7. The summed E-state index contributed by atoms with van der Waals surface area (Å²) in [4.78, 5) is 43.3. The van der Waals surface area contributed by atoms with Gasteiger partial charge in [0.05, 0.1) is 27.4 Å². The number of nitrogens with one attached hydrogen (secondary N) is 2. The van der Waals surface area contributed by atoms with Gasteiger partial charge in [-0.2, -0.15) is 9.40 Å². The van der Waals surface area contributed by atoms with E-state index >= 15 is 0 Å². The average Bonchev–Trinajstić information content (AvgIpc) is 3.69. The van der Waals surface area contributed by atoms with Crippen molar-refractivity contribution in [2.24, 2.45) is 5.73 Å². The maximum Gasteiger partial charge on any atom is 0.352 e. The summed E-state index contributed by atoms with van der Waals surface area (Å²) in [6, 6.07) is 14.1. The molecule has 4 aromatic rings. The topological polar surface area (TPSA) is 187 Å². The molecule has 15 heteroatoms. The molecule has 2 aromatic heterocycles. The number of piperazine rings is 1. The van der Waals surface area contributed by atoms with Gasteiger partial charge in [0.2, 0.25) is 15.9 Å². The predicted molar refractivity (Wildman–Crippen MR) is 175 cm³/mol. The van der Waals surface area contributed by atoms with Crippen LogP contribution in [-0.2, 0) is 22.0 Å². The van der Waals surface area contributed by atoms with E-state index in [1.807, 2.05) is 25.8 Å². The van der Waals surface area contributed by atoms with Gasteiger partial charge in [0.15, 0.2) is 5.82 Å². The first-order chi connectivity index (χ1) is 22.3. The van der Waals surface area contributed by atoms with Crippen molar-refractivity contribution in [3.05, 3.63) is 88.9 Å². The number of fused-ring (bicyclic) bond motifs is 1. The lowest BCUT2D eigenvalue weighted by molar-refractivity contribution is 0.0687. The van der Waals surface area contributed by atoms with E-state index in [-0.39, 0.29) is 40.6 Å².